The summed E-state index contributed by atoms with van der Waals surface area (Å²) in [6.07, 6.45) is 1.80. The number of nitrogens with zero attached hydrogens (tertiary/aromatic N) is 1. The first-order valence-electron chi connectivity index (χ1n) is 12.9. The number of nitrogens with two attached hydrogens (primary N) is 1. The van der Waals surface area contributed by atoms with Crippen molar-refractivity contribution >= 4 is 11.9 Å². The predicted molar refractivity (Wildman–Crippen MR) is 143 cm³/mol. The van der Waals surface area contributed by atoms with Crippen LogP contribution in [-0.2, 0) is 19.1 Å². The Hall–Kier alpha value is -3.42. The van der Waals surface area contributed by atoms with Crippen LogP contribution in [-0.4, -0.2) is 55.7 Å². The van der Waals surface area contributed by atoms with E-state index in [0.29, 0.717) is 35.5 Å². The molecule has 4 rings (SSSR count). The van der Waals surface area contributed by atoms with Crippen LogP contribution < -0.4 is 11.1 Å². The number of carbonyl (C=O) groups is 2. The summed E-state index contributed by atoms with van der Waals surface area (Å²) in [4.78, 5) is 27.8. The number of rotatable bonds is 9. The fourth-order valence-corrected chi connectivity index (χ4v) is 5.32. The molecule has 2 aromatic rings. The van der Waals surface area contributed by atoms with Crippen molar-refractivity contribution in [1.29, 1.82) is 0 Å². The Kier molecular flexibility index (Phi) is 8.46. The monoisotopic (exact) mass is 503 g/mol. The number of methoxy groups -OCH3 is 1. The highest BCUT2D eigenvalue weighted by Gasteiger charge is 2.42. The Balaban J connectivity index is 1.42. The summed E-state index contributed by atoms with van der Waals surface area (Å²) in [6.45, 7) is 6.12. The summed E-state index contributed by atoms with van der Waals surface area (Å²) in [5, 5.41) is 3.12. The Morgan fingerprint density at radius 3 is 2.08 bits per heavy atom. The lowest BCUT2D eigenvalue weighted by Crippen LogP contribution is -2.46. The molecule has 0 spiro atoms. The third-order valence-corrected chi connectivity index (χ3v) is 7.53. The van der Waals surface area contributed by atoms with E-state index in [4.69, 9.17) is 15.2 Å². The molecule has 2 heterocycles. The Morgan fingerprint density at radius 1 is 0.973 bits per heavy atom. The zero-order valence-corrected chi connectivity index (χ0v) is 22.0. The Bertz CT molecular complexity index is 1140. The van der Waals surface area contributed by atoms with Crippen molar-refractivity contribution in [2.24, 2.45) is 5.73 Å². The number of dihydropyridines is 1. The summed E-state index contributed by atoms with van der Waals surface area (Å²) in [7, 11) is 1.34. The standard InChI is InChI=1S/C30H37N3O4/c1-21-26(28(34)36-3)18-27(22(2)32-21)29(35)37-30(19-31)15-17-33(20-30)16-14-25(23-10-6-4-7-11-23)24-12-8-5-9-13-24/h4-13,25,32H,14-20,31H2,1-3H3. The number of hydrogen-bond acceptors (Lipinski definition) is 7. The zero-order chi connectivity index (χ0) is 26.4. The van der Waals surface area contributed by atoms with Crippen molar-refractivity contribution in [3.8, 4) is 0 Å². The van der Waals surface area contributed by atoms with Gasteiger partial charge in [-0.1, -0.05) is 60.7 Å². The molecule has 1 atom stereocenters. The van der Waals surface area contributed by atoms with Gasteiger partial charge in [0.2, 0.25) is 0 Å². The van der Waals surface area contributed by atoms with Gasteiger partial charge in [-0.3, -0.25) is 4.90 Å². The summed E-state index contributed by atoms with van der Waals surface area (Å²) < 4.78 is 11.0. The molecule has 196 valence electrons. The van der Waals surface area contributed by atoms with Crippen LogP contribution in [0.2, 0.25) is 0 Å². The van der Waals surface area contributed by atoms with Gasteiger partial charge in [-0.05, 0) is 37.9 Å². The molecule has 0 bridgehead atoms. The van der Waals surface area contributed by atoms with Crippen LogP contribution in [0.5, 0.6) is 0 Å². The molecule has 7 nitrogen and oxygen atoms in total. The van der Waals surface area contributed by atoms with Gasteiger partial charge in [0.05, 0.1) is 18.3 Å². The van der Waals surface area contributed by atoms with Crippen molar-refractivity contribution in [2.45, 2.75) is 44.6 Å². The van der Waals surface area contributed by atoms with Crippen LogP contribution in [0.25, 0.3) is 0 Å². The molecule has 1 fully saturated rings. The van der Waals surface area contributed by atoms with Crippen LogP contribution >= 0.6 is 0 Å². The van der Waals surface area contributed by atoms with Gasteiger partial charge in [-0.2, -0.15) is 0 Å². The maximum atomic E-state index is 13.3. The van der Waals surface area contributed by atoms with Gasteiger partial charge < -0.3 is 20.5 Å². The molecular formula is C30H37N3O4. The highest BCUT2D eigenvalue weighted by molar-refractivity contribution is 5.96. The molecule has 3 N–H and O–H groups in total. The van der Waals surface area contributed by atoms with E-state index in [1.54, 1.807) is 6.92 Å². The van der Waals surface area contributed by atoms with E-state index in [1.807, 2.05) is 19.1 Å². The average Bonchev–Trinajstić information content (AvgIpc) is 3.32. The first-order valence-corrected chi connectivity index (χ1v) is 12.9. The van der Waals surface area contributed by atoms with E-state index >= 15 is 0 Å². The lowest BCUT2D eigenvalue weighted by Gasteiger charge is -2.30. The molecule has 2 aliphatic heterocycles. The molecule has 0 aromatic heterocycles. The maximum absolute atomic E-state index is 13.3. The van der Waals surface area contributed by atoms with Crippen LogP contribution in [0.3, 0.4) is 0 Å². The summed E-state index contributed by atoms with van der Waals surface area (Å²) in [5.74, 6) is -0.599. The largest absolute Gasteiger partial charge is 0.466 e. The van der Waals surface area contributed by atoms with E-state index in [-0.39, 0.29) is 18.9 Å². The second-order valence-corrected chi connectivity index (χ2v) is 9.97. The predicted octanol–water partition coefficient (Wildman–Crippen LogP) is 3.87. The van der Waals surface area contributed by atoms with E-state index in [9.17, 15) is 9.59 Å². The van der Waals surface area contributed by atoms with E-state index in [0.717, 1.165) is 19.5 Å². The van der Waals surface area contributed by atoms with Crippen LogP contribution in [0.1, 0.15) is 50.2 Å². The second kappa shape index (κ2) is 11.8. The molecule has 0 radical (unpaired) electrons. The minimum absolute atomic E-state index is 0.177. The summed E-state index contributed by atoms with van der Waals surface area (Å²) >= 11 is 0. The minimum Gasteiger partial charge on any atom is -0.466 e. The van der Waals surface area contributed by atoms with Crippen LogP contribution in [0.15, 0.2) is 83.2 Å². The van der Waals surface area contributed by atoms with E-state index in [1.165, 1.54) is 18.2 Å². The van der Waals surface area contributed by atoms with Gasteiger partial charge in [-0.15, -0.1) is 0 Å². The molecule has 37 heavy (non-hydrogen) atoms. The second-order valence-electron chi connectivity index (χ2n) is 9.97. The quantitative estimate of drug-likeness (QED) is 0.502. The smallest absolute Gasteiger partial charge is 0.336 e. The Labute approximate surface area is 219 Å². The summed E-state index contributed by atoms with van der Waals surface area (Å²) in [6, 6.07) is 21.1. The first kappa shape index (κ1) is 26.6. The van der Waals surface area contributed by atoms with Gasteiger partial charge in [0.1, 0.15) is 5.60 Å². The molecule has 2 aromatic carbocycles. The number of nitrogens with one attached hydrogen (secondary N) is 1. The van der Waals surface area contributed by atoms with Crippen LogP contribution in [0.4, 0.5) is 0 Å². The maximum Gasteiger partial charge on any atom is 0.336 e. The number of esters is 2. The number of likely N-dealkylation sites (tertiary alicyclic amines) is 1. The number of ether oxygens (including phenoxy) is 2. The van der Waals surface area contributed by atoms with Crippen molar-refractivity contribution in [2.75, 3.05) is 33.3 Å². The number of allylic oxidation sites excluding steroid dienone is 2. The highest BCUT2D eigenvalue weighted by atomic mass is 16.6. The number of benzene rings is 2. The molecule has 0 amide bonds. The van der Waals surface area contributed by atoms with E-state index < -0.39 is 17.5 Å². The lowest BCUT2D eigenvalue weighted by atomic mass is 9.88. The average molecular weight is 504 g/mol. The fraction of sp³-hybridized carbons (Fsp3) is 0.400. The molecule has 1 saturated heterocycles. The molecule has 0 saturated carbocycles. The van der Waals surface area contributed by atoms with Gasteiger partial charge in [0, 0.05) is 49.8 Å². The molecule has 7 heteroatoms. The third kappa shape index (κ3) is 6.12. The lowest BCUT2D eigenvalue weighted by molar-refractivity contribution is -0.153. The molecular weight excluding hydrogens is 466 g/mol. The van der Waals surface area contributed by atoms with Gasteiger partial charge in [0.15, 0.2) is 0 Å². The van der Waals surface area contributed by atoms with Crippen LogP contribution in [0, 0.1) is 0 Å². The fourth-order valence-electron chi connectivity index (χ4n) is 5.32. The SMILES string of the molecule is COC(=O)C1=C(C)NC(C)=C(C(=O)OC2(CN)CCN(CCC(c3ccccc3)c3ccccc3)C2)C1. The molecule has 0 aliphatic carbocycles. The van der Waals surface area contributed by atoms with Gasteiger partial charge >= 0.3 is 11.9 Å². The topological polar surface area (TPSA) is 93.9 Å². The minimum atomic E-state index is -0.749. The Morgan fingerprint density at radius 2 is 1.54 bits per heavy atom. The summed E-state index contributed by atoms with van der Waals surface area (Å²) in [5.41, 5.74) is 10.3. The van der Waals surface area contributed by atoms with Crippen molar-refractivity contribution in [3.05, 3.63) is 94.3 Å². The number of carbonyl (C=O) groups excluding carboxylic acids is 2. The van der Waals surface area contributed by atoms with Gasteiger partial charge in [0.25, 0.3) is 0 Å². The van der Waals surface area contributed by atoms with Crippen molar-refractivity contribution in [1.82, 2.24) is 10.2 Å². The first-order chi connectivity index (χ1) is 17.9. The molecule has 1 unspecified atom stereocenters. The van der Waals surface area contributed by atoms with Crippen molar-refractivity contribution in [3.63, 3.8) is 0 Å². The normalized spacial score (nSPS) is 20.2. The van der Waals surface area contributed by atoms with Crippen molar-refractivity contribution < 1.29 is 19.1 Å². The van der Waals surface area contributed by atoms with E-state index in [2.05, 4.69) is 58.7 Å². The van der Waals surface area contributed by atoms with Gasteiger partial charge in [-0.25, -0.2) is 9.59 Å². The number of hydrogen-bond donors (Lipinski definition) is 2. The third-order valence-electron chi connectivity index (χ3n) is 7.53. The molecule has 2 aliphatic rings. The zero-order valence-electron chi connectivity index (χ0n) is 22.0. The highest BCUT2D eigenvalue weighted by Crippen LogP contribution is 2.32.